The molecule has 3 heterocycles. The lowest BCUT2D eigenvalue weighted by atomic mass is 9.98. The Balaban J connectivity index is 1.24. The molecule has 1 unspecified atom stereocenters. The SMILES string of the molecule is O=C(CC1CCCOC1)N1CCN(Cc2ccc3c(c2)OCO3)CC1. The fourth-order valence-corrected chi connectivity index (χ4v) is 3.80. The summed E-state index contributed by atoms with van der Waals surface area (Å²) < 4.78 is 16.3. The van der Waals surface area contributed by atoms with Crippen molar-refractivity contribution in [3.05, 3.63) is 23.8 Å². The van der Waals surface area contributed by atoms with Gasteiger partial charge in [-0.2, -0.15) is 0 Å². The van der Waals surface area contributed by atoms with Gasteiger partial charge in [0.2, 0.25) is 12.7 Å². The predicted octanol–water partition coefficient (Wildman–Crippen LogP) is 1.88. The van der Waals surface area contributed by atoms with Crippen LogP contribution in [-0.2, 0) is 16.1 Å². The lowest BCUT2D eigenvalue weighted by molar-refractivity contribution is -0.135. The van der Waals surface area contributed by atoms with Crippen LogP contribution in [0.15, 0.2) is 18.2 Å². The fraction of sp³-hybridized carbons (Fsp3) is 0.632. The van der Waals surface area contributed by atoms with Gasteiger partial charge in [-0.1, -0.05) is 6.07 Å². The average molecular weight is 346 g/mol. The van der Waals surface area contributed by atoms with Crippen molar-refractivity contribution in [2.24, 2.45) is 5.92 Å². The summed E-state index contributed by atoms with van der Waals surface area (Å²) in [5.41, 5.74) is 1.23. The molecule has 2 fully saturated rings. The zero-order valence-electron chi connectivity index (χ0n) is 14.6. The molecule has 0 bridgehead atoms. The molecule has 1 amide bonds. The number of fused-ring (bicyclic) bond motifs is 1. The van der Waals surface area contributed by atoms with Gasteiger partial charge < -0.3 is 19.1 Å². The van der Waals surface area contributed by atoms with E-state index < -0.39 is 0 Å². The van der Waals surface area contributed by atoms with Gasteiger partial charge in [0.25, 0.3) is 0 Å². The van der Waals surface area contributed by atoms with Crippen molar-refractivity contribution < 1.29 is 19.0 Å². The van der Waals surface area contributed by atoms with E-state index in [4.69, 9.17) is 14.2 Å². The lowest BCUT2D eigenvalue weighted by Crippen LogP contribution is -2.48. The summed E-state index contributed by atoms with van der Waals surface area (Å²) in [5, 5.41) is 0. The number of ether oxygens (including phenoxy) is 3. The highest BCUT2D eigenvalue weighted by Gasteiger charge is 2.25. The molecule has 1 aromatic rings. The number of carbonyl (C=O) groups excluding carboxylic acids is 1. The van der Waals surface area contributed by atoms with Gasteiger partial charge in [0.1, 0.15) is 0 Å². The maximum absolute atomic E-state index is 12.5. The average Bonchev–Trinajstić information content (AvgIpc) is 3.11. The molecule has 4 rings (SSSR count). The summed E-state index contributed by atoms with van der Waals surface area (Å²) in [6.07, 6.45) is 2.85. The largest absolute Gasteiger partial charge is 0.454 e. The first-order valence-electron chi connectivity index (χ1n) is 9.24. The van der Waals surface area contributed by atoms with E-state index in [2.05, 4.69) is 17.0 Å². The zero-order chi connectivity index (χ0) is 17.1. The summed E-state index contributed by atoms with van der Waals surface area (Å²) in [7, 11) is 0. The van der Waals surface area contributed by atoms with Crippen molar-refractivity contribution >= 4 is 5.91 Å². The monoisotopic (exact) mass is 346 g/mol. The van der Waals surface area contributed by atoms with Crippen molar-refractivity contribution in [1.29, 1.82) is 0 Å². The number of carbonyl (C=O) groups is 1. The Hall–Kier alpha value is -1.79. The van der Waals surface area contributed by atoms with Crippen molar-refractivity contribution in [1.82, 2.24) is 9.80 Å². The Kier molecular flexibility index (Phi) is 5.08. The van der Waals surface area contributed by atoms with Crippen LogP contribution in [0.25, 0.3) is 0 Å². The molecular formula is C19H26N2O4. The quantitative estimate of drug-likeness (QED) is 0.833. The highest BCUT2D eigenvalue weighted by molar-refractivity contribution is 5.76. The molecule has 1 aromatic carbocycles. The number of amides is 1. The van der Waals surface area contributed by atoms with Crippen LogP contribution in [0.2, 0.25) is 0 Å². The Labute approximate surface area is 148 Å². The second kappa shape index (κ2) is 7.62. The number of benzene rings is 1. The maximum atomic E-state index is 12.5. The molecule has 0 N–H and O–H groups in total. The molecule has 0 spiro atoms. The number of hydrogen-bond acceptors (Lipinski definition) is 5. The molecule has 3 aliphatic heterocycles. The van der Waals surface area contributed by atoms with Crippen LogP contribution in [0, 0.1) is 5.92 Å². The first-order chi connectivity index (χ1) is 12.3. The summed E-state index contributed by atoms with van der Waals surface area (Å²) in [5.74, 6) is 2.36. The van der Waals surface area contributed by atoms with Crippen LogP contribution in [0.3, 0.4) is 0 Å². The van der Waals surface area contributed by atoms with Crippen LogP contribution in [0.1, 0.15) is 24.8 Å². The van der Waals surface area contributed by atoms with Crippen LogP contribution in [0.4, 0.5) is 0 Å². The van der Waals surface area contributed by atoms with E-state index in [1.165, 1.54) is 5.56 Å². The molecule has 0 radical (unpaired) electrons. The molecule has 3 aliphatic rings. The van der Waals surface area contributed by atoms with Crippen molar-refractivity contribution in [3.8, 4) is 11.5 Å². The first kappa shape index (κ1) is 16.7. The summed E-state index contributed by atoms with van der Waals surface area (Å²) in [4.78, 5) is 16.9. The third kappa shape index (κ3) is 4.07. The van der Waals surface area contributed by atoms with E-state index in [0.29, 0.717) is 25.0 Å². The van der Waals surface area contributed by atoms with Crippen molar-refractivity contribution in [2.75, 3.05) is 46.2 Å². The van der Waals surface area contributed by atoms with Crippen LogP contribution in [0.5, 0.6) is 11.5 Å². The van der Waals surface area contributed by atoms with Gasteiger partial charge >= 0.3 is 0 Å². The van der Waals surface area contributed by atoms with Gasteiger partial charge in [0.05, 0.1) is 0 Å². The molecule has 2 saturated heterocycles. The van der Waals surface area contributed by atoms with E-state index in [1.54, 1.807) is 0 Å². The number of hydrogen-bond donors (Lipinski definition) is 0. The smallest absolute Gasteiger partial charge is 0.231 e. The molecule has 0 aliphatic carbocycles. The molecule has 0 saturated carbocycles. The molecule has 6 heteroatoms. The zero-order valence-corrected chi connectivity index (χ0v) is 14.6. The number of rotatable bonds is 4. The number of nitrogens with zero attached hydrogens (tertiary/aromatic N) is 2. The van der Waals surface area contributed by atoms with Gasteiger partial charge in [-0.05, 0) is 36.5 Å². The van der Waals surface area contributed by atoms with Gasteiger partial charge in [0, 0.05) is 52.4 Å². The third-order valence-electron chi connectivity index (χ3n) is 5.29. The molecule has 1 atom stereocenters. The predicted molar refractivity (Wildman–Crippen MR) is 92.6 cm³/mol. The minimum atomic E-state index is 0.290. The maximum Gasteiger partial charge on any atom is 0.231 e. The van der Waals surface area contributed by atoms with E-state index in [-0.39, 0.29) is 0 Å². The first-order valence-corrected chi connectivity index (χ1v) is 9.24. The molecular weight excluding hydrogens is 320 g/mol. The van der Waals surface area contributed by atoms with Gasteiger partial charge in [-0.15, -0.1) is 0 Å². The molecule has 6 nitrogen and oxygen atoms in total. The van der Waals surface area contributed by atoms with E-state index in [1.807, 2.05) is 11.0 Å². The van der Waals surface area contributed by atoms with Gasteiger partial charge in [-0.25, -0.2) is 0 Å². The summed E-state index contributed by atoms with van der Waals surface area (Å²) in [6, 6.07) is 6.13. The van der Waals surface area contributed by atoms with Gasteiger partial charge in [-0.3, -0.25) is 9.69 Å². The highest BCUT2D eigenvalue weighted by atomic mass is 16.7. The standard InChI is InChI=1S/C19H26N2O4/c22-19(11-16-2-1-9-23-13-16)21-7-5-20(6-8-21)12-15-3-4-17-18(10-15)25-14-24-17/h3-4,10,16H,1-2,5-9,11-14H2. The van der Waals surface area contributed by atoms with E-state index >= 15 is 0 Å². The fourth-order valence-electron chi connectivity index (χ4n) is 3.80. The molecule has 25 heavy (non-hydrogen) atoms. The van der Waals surface area contributed by atoms with Crippen LogP contribution in [-0.4, -0.2) is 61.9 Å². The number of piperazine rings is 1. The lowest BCUT2D eigenvalue weighted by Gasteiger charge is -2.35. The van der Waals surface area contributed by atoms with Crippen molar-refractivity contribution in [2.45, 2.75) is 25.8 Å². The van der Waals surface area contributed by atoms with Crippen LogP contribution >= 0.6 is 0 Å². The Bertz CT molecular complexity index is 607. The summed E-state index contributed by atoms with van der Waals surface area (Å²) in [6.45, 7) is 6.26. The topological polar surface area (TPSA) is 51.2 Å². The Morgan fingerprint density at radius 3 is 2.76 bits per heavy atom. The van der Waals surface area contributed by atoms with Gasteiger partial charge in [0.15, 0.2) is 11.5 Å². The third-order valence-corrected chi connectivity index (χ3v) is 5.29. The Morgan fingerprint density at radius 1 is 1.12 bits per heavy atom. The minimum absolute atomic E-state index is 0.290. The minimum Gasteiger partial charge on any atom is -0.454 e. The second-order valence-corrected chi connectivity index (χ2v) is 7.13. The van der Waals surface area contributed by atoms with Crippen molar-refractivity contribution in [3.63, 3.8) is 0 Å². The van der Waals surface area contributed by atoms with E-state index in [0.717, 1.165) is 70.3 Å². The Morgan fingerprint density at radius 2 is 1.96 bits per heavy atom. The molecule has 0 aromatic heterocycles. The second-order valence-electron chi connectivity index (χ2n) is 7.13. The normalized spacial score (nSPS) is 23.7. The summed E-state index contributed by atoms with van der Waals surface area (Å²) >= 11 is 0. The van der Waals surface area contributed by atoms with E-state index in [9.17, 15) is 4.79 Å². The molecule has 136 valence electrons. The highest BCUT2D eigenvalue weighted by Crippen LogP contribution is 2.32. The van der Waals surface area contributed by atoms with Crippen LogP contribution < -0.4 is 9.47 Å².